The van der Waals surface area contributed by atoms with Crippen LogP contribution in [0.4, 0.5) is 13.2 Å². The average Bonchev–Trinajstić information content (AvgIpc) is 2.40. The molecule has 118 valence electrons. The Labute approximate surface area is 121 Å². The van der Waals surface area contributed by atoms with Gasteiger partial charge in [-0.15, -0.1) is 0 Å². The van der Waals surface area contributed by atoms with E-state index in [2.05, 4.69) is 10.0 Å². The number of hydrogen-bond donors (Lipinski definition) is 2. The SMILES string of the molecule is C[C@H]1NCCC[C@H]1NS(=O)(=O)c1ccccc1C(F)(F)F. The Balaban J connectivity index is 2.32. The van der Waals surface area contributed by atoms with E-state index in [0.29, 0.717) is 6.42 Å². The highest BCUT2D eigenvalue weighted by Gasteiger charge is 2.38. The largest absolute Gasteiger partial charge is 0.417 e. The molecule has 1 fully saturated rings. The van der Waals surface area contributed by atoms with Crippen LogP contribution in [0.3, 0.4) is 0 Å². The van der Waals surface area contributed by atoms with Crippen molar-refractivity contribution >= 4 is 10.0 Å². The van der Waals surface area contributed by atoms with Crippen molar-refractivity contribution in [1.82, 2.24) is 10.0 Å². The van der Waals surface area contributed by atoms with E-state index < -0.39 is 32.7 Å². The molecule has 0 bridgehead atoms. The number of benzene rings is 1. The fraction of sp³-hybridized carbons (Fsp3) is 0.538. The topological polar surface area (TPSA) is 58.2 Å². The Morgan fingerprint density at radius 1 is 1.29 bits per heavy atom. The zero-order valence-electron chi connectivity index (χ0n) is 11.4. The minimum Gasteiger partial charge on any atom is -0.313 e. The highest BCUT2D eigenvalue weighted by atomic mass is 32.2. The van der Waals surface area contributed by atoms with Crippen LogP contribution in [-0.4, -0.2) is 27.0 Å². The number of halogens is 3. The minimum atomic E-state index is -4.71. The lowest BCUT2D eigenvalue weighted by atomic mass is 10.0. The van der Waals surface area contributed by atoms with Crippen LogP contribution in [0.15, 0.2) is 29.2 Å². The van der Waals surface area contributed by atoms with Gasteiger partial charge in [0.2, 0.25) is 10.0 Å². The van der Waals surface area contributed by atoms with Gasteiger partial charge in [0, 0.05) is 12.1 Å². The Hall–Kier alpha value is -1.12. The average molecular weight is 322 g/mol. The maximum absolute atomic E-state index is 12.9. The van der Waals surface area contributed by atoms with Crippen molar-refractivity contribution in [2.75, 3.05) is 6.54 Å². The van der Waals surface area contributed by atoms with E-state index >= 15 is 0 Å². The van der Waals surface area contributed by atoms with Gasteiger partial charge in [-0.3, -0.25) is 0 Å². The van der Waals surface area contributed by atoms with Gasteiger partial charge in [-0.05, 0) is 38.4 Å². The van der Waals surface area contributed by atoms with Gasteiger partial charge in [-0.25, -0.2) is 13.1 Å². The fourth-order valence-electron chi connectivity index (χ4n) is 2.40. The monoisotopic (exact) mass is 322 g/mol. The standard InChI is InChI=1S/C13H17F3N2O2S/c1-9-11(6-4-8-17-9)18-21(19,20)12-7-3-2-5-10(12)13(14,15)16/h2-3,5,7,9,11,17-18H,4,6,8H2,1H3/t9-,11-/m1/s1. The molecule has 0 aromatic heterocycles. The third-order valence-electron chi connectivity index (χ3n) is 3.55. The molecule has 0 amide bonds. The van der Waals surface area contributed by atoms with E-state index in [1.54, 1.807) is 0 Å². The van der Waals surface area contributed by atoms with Crippen LogP contribution < -0.4 is 10.0 Å². The molecule has 0 spiro atoms. The van der Waals surface area contributed by atoms with Gasteiger partial charge in [0.1, 0.15) is 0 Å². The third-order valence-corrected chi connectivity index (χ3v) is 5.10. The second-order valence-corrected chi connectivity index (χ2v) is 6.79. The maximum atomic E-state index is 12.9. The molecular weight excluding hydrogens is 305 g/mol. The number of sulfonamides is 1. The van der Waals surface area contributed by atoms with Gasteiger partial charge >= 0.3 is 6.18 Å². The summed E-state index contributed by atoms with van der Waals surface area (Å²) in [5.41, 5.74) is -1.14. The maximum Gasteiger partial charge on any atom is 0.417 e. The van der Waals surface area contributed by atoms with Crippen LogP contribution in [0.1, 0.15) is 25.3 Å². The first-order valence-electron chi connectivity index (χ1n) is 6.64. The molecule has 0 radical (unpaired) electrons. The van der Waals surface area contributed by atoms with E-state index in [9.17, 15) is 21.6 Å². The summed E-state index contributed by atoms with van der Waals surface area (Å²) in [6.07, 6.45) is -3.33. The smallest absolute Gasteiger partial charge is 0.313 e. The van der Waals surface area contributed by atoms with Crippen molar-refractivity contribution in [1.29, 1.82) is 0 Å². The van der Waals surface area contributed by atoms with Crippen LogP contribution in [0, 0.1) is 0 Å². The van der Waals surface area contributed by atoms with E-state index in [-0.39, 0.29) is 6.04 Å². The Bertz CT molecular complexity index is 602. The molecule has 1 aromatic carbocycles. The summed E-state index contributed by atoms with van der Waals surface area (Å²) in [4.78, 5) is -0.727. The van der Waals surface area contributed by atoms with Gasteiger partial charge in [-0.2, -0.15) is 13.2 Å². The van der Waals surface area contributed by atoms with Crippen molar-refractivity contribution in [3.05, 3.63) is 29.8 Å². The molecule has 0 unspecified atom stereocenters. The van der Waals surface area contributed by atoms with Gasteiger partial charge < -0.3 is 5.32 Å². The molecule has 21 heavy (non-hydrogen) atoms. The molecule has 8 heteroatoms. The summed E-state index contributed by atoms with van der Waals surface area (Å²) in [7, 11) is -4.22. The highest BCUT2D eigenvalue weighted by Crippen LogP contribution is 2.34. The van der Waals surface area contributed by atoms with Crippen molar-refractivity contribution in [2.24, 2.45) is 0 Å². The summed E-state index contributed by atoms with van der Waals surface area (Å²) >= 11 is 0. The number of alkyl halides is 3. The van der Waals surface area contributed by atoms with E-state index in [1.165, 1.54) is 12.1 Å². The number of rotatable bonds is 3. The van der Waals surface area contributed by atoms with Crippen molar-refractivity contribution in [3.8, 4) is 0 Å². The Kier molecular flexibility index (Phi) is 4.60. The van der Waals surface area contributed by atoms with E-state index in [0.717, 1.165) is 25.1 Å². The Morgan fingerprint density at radius 2 is 1.95 bits per heavy atom. The summed E-state index contributed by atoms with van der Waals surface area (Å²) < 4.78 is 65.7. The predicted octanol–water partition coefficient (Wildman–Crippen LogP) is 2.12. The zero-order valence-corrected chi connectivity index (χ0v) is 12.3. The lowest BCUT2D eigenvalue weighted by Gasteiger charge is -2.30. The van der Waals surface area contributed by atoms with E-state index in [1.807, 2.05) is 6.92 Å². The molecular formula is C13H17F3N2O2S. The summed E-state index contributed by atoms with van der Waals surface area (Å²) in [6.45, 7) is 2.58. The number of piperidine rings is 1. The molecule has 1 aliphatic heterocycles. The molecule has 2 atom stereocenters. The highest BCUT2D eigenvalue weighted by molar-refractivity contribution is 7.89. The van der Waals surface area contributed by atoms with Crippen LogP contribution >= 0.6 is 0 Å². The number of hydrogen-bond acceptors (Lipinski definition) is 3. The lowest BCUT2D eigenvalue weighted by molar-refractivity contribution is -0.139. The first-order valence-corrected chi connectivity index (χ1v) is 8.12. The van der Waals surface area contributed by atoms with Crippen LogP contribution in [0.5, 0.6) is 0 Å². The first kappa shape index (κ1) is 16.3. The normalized spacial score (nSPS) is 24.0. The molecule has 2 N–H and O–H groups in total. The van der Waals surface area contributed by atoms with Crippen LogP contribution in [0.2, 0.25) is 0 Å². The van der Waals surface area contributed by atoms with Crippen LogP contribution in [-0.2, 0) is 16.2 Å². The molecule has 1 heterocycles. The second kappa shape index (κ2) is 5.94. The van der Waals surface area contributed by atoms with Crippen molar-refractivity contribution < 1.29 is 21.6 Å². The van der Waals surface area contributed by atoms with Crippen molar-refractivity contribution in [3.63, 3.8) is 0 Å². The molecule has 0 aliphatic carbocycles. The van der Waals surface area contributed by atoms with Crippen molar-refractivity contribution in [2.45, 2.75) is 42.9 Å². The summed E-state index contributed by atoms with van der Waals surface area (Å²) in [5.74, 6) is 0. The van der Waals surface area contributed by atoms with Gasteiger partial charge in [0.15, 0.2) is 0 Å². The van der Waals surface area contributed by atoms with Crippen LogP contribution in [0.25, 0.3) is 0 Å². The quantitative estimate of drug-likeness (QED) is 0.896. The van der Waals surface area contributed by atoms with Gasteiger partial charge in [0.05, 0.1) is 10.5 Å². The second-order valence-electron chi connectivity index (χ2n) is 5.11. The van der Waals surface area contributed by atoms with Gasteiger partial charge in [-0.1, -0.05) is 12.1 Å². The fourth-order valence-corrected chi connectivity index (χ4v) is 3.98. The lowest BCUT2D eigenvalue weighted by Crippen LogP contribution is -2.51. The molecule has 2 rings (SSSR count). The molecule has 1 aromatic rings. The molecule has 0 saturated carbocycles. The molecule has 1 saturated heterocycles. The minimum absolute atomic E-state index is 0.119. The summed E-state index contributed by atoms with van der Waals surface area (Å²) in [6, 6.07) is 3.68. The molecule has 4 nitrogen and oxygen atoms in total. The van der Waals surface area contributed by atoms with Gasteiger partial charge in [0.25, 0.3) is 0 Å². The predicted molar refractivity (Wildman–Crippen MR) is 72.3 cm³/mol. The molecule has 1 aliphatic rings. The Morgan fingerprint density at radius 3 is 2.57 bits per heavy atom. The zero-order chi connectivity index (χ0) is 15.7. The third kappa shape index (κ3) is 3.75. The first-order chi connectivity index (χ1) is 9.72. The number of nitrogens with one attached hydrogen (secondary N) is 2. The van der Waals surface area contributed by atoms with E-state index in [4.69, 9.17) is 0 Å². The summed E-state index contributed by atoms with van der Waals surface area (Å²) in [5, 5.41) is 3.10.